The summed E-state index contributed by atoms with van der Waals surface area (Å²) in [6.45, 7) is 3.45. The number of anilines is 1. The van der Waals surface area contributed by atoms with E-state index in [-0.39, 0.29) is 11.7 Å². The Morgan fingerprint density at radius 1 is 1.33 bits per heavy atom. The van der Waals surface area contributed by atoms with E-state index in [0.717, 1.165) is 10.9 Å². The minimum atomic E-state index is -0.285. The molecule has 0 fully saturated rings. The Labute approximate surface area is 143 Å². The van der Waals surface area contributed by atoms with Crippen molar-refractivity contribution in [1.29, 1.82) is 0 Å². The molecule has 1 heterocycles. The molecule has 0 unspecified atom stereocenters. The maximum atomic E-state index is 11.6. The van der Waals surface area contributed by atoms with Crippen molar-refractivity contribution in [3.8, 4) is 16.9 Å². The van der Waals surface area contributed by atoms with Crippen LogP contribution in [0.25, 0.3) is 22.0 Å². The Bertz CT molecular complexity index is 936. The molecule has 0 atom stereocenters. The van der Waals surface area contributed by atoms with Crippen molar-refractivity contribution in [2.24, 2.45) is 0 Å². The van der Waals surface area contributed by atoms with Gasteiger partial charge in [-0.15, -0.1) is 0 Å². The molecule has 5 nitrogen and oxygen atoms in total. The number of aromatic hydroxyl groups is 1. The standard InChI is InChI=1S/C18H14ClN3O2/c1-3-16(24)22(2)18-20-10-12-9-11(7-8-14(12)21-18)17-13(19)5-4-6-15(17)23/h3-10,23H,1H2,2H3. The number of phenolic OH excluding ortho intramolecular Hbond substituents is 1. The lowest BCUT2D eigenvalue weighted by atomic mass is 10.0. The summed E-state index contributed by atoms with van der Waals surface area (Å²) in [7, 11) is 1.58. The molecule has 0 saturated heterocycles. The number of benzene rings is 2. The first-order valence-corrected chi connectivity index (χ1v) is 7.54. The van der Waals surface area contributed by atoms with Crippen molar-refractivity contribution < 1.29 is 9.90 Å². The van der Waals surface area contributed by atoms with Gasteiger partial charge in [-0.05, 0) is 35.9 Å². The van der Waals surface area contributed by atoms with Crippen LogP contribution in [0.5, 0.6) is 5.75 Å². The van der Waals surface area contributed by atoms with Crippen molar-refractivity contribution in [1.82, 2.24) is 9.97 Å². The molecule has 0 aliphatic rings. The third kappa shape index (κ3) is 2.81. The Balaban J connectivity index is 2.07. The minimum absolute atomic E-state index is 0.107. The van der Waals surface area contributed by atoms with E-state index in [1.165, 1.54) is 11.0 Å². The summed E-state index contributed by atoms with van der Waals surface area (Å²) in [6.07, 6.45) is 2.83. The SMILES string of the molecule is C=CC(=O)N(C)c1ncc2cc(-c3c(O)cccc3Cl)ccc2n1. The fourth-order valence-corrected chi connectivity index (χ4v) is 2.65. The van der Waals surface area contributed by atoms with E-state index in [1.54, 1.807) is 37.5 Å². The van der Waals surface area contributed by atoms with E-state index in [2.05, 4.69) is 16.5 Å². The molecule has 0 bridgehead atoms. The van der Waals surface area contributed by atoms with Gasteiger partial charge in [-0.1, -0.05) is 30.3 Å². The zero-order chi connectivity index (χ0) is 17.3. The minimum Gasteiger partial charge on any atom is -0.507 e. The second kappa shape index (κ2) is 6.29. The van der Waals surface area contributed by atoms with Gasteiger partial charge in [0.15, 0.2) is 0 Å². The van der Waals surface area contributed by atoms with Crippen molar-refractivity contribution in [2.75, 3.05) is 11.9 Å². The molecule has 3 aromatic rings. The molecular weight excluding hydrogens is 326 g/mol. The normalized spacial score (nSPS) is 10.6. The van der Waals surface area contributed by atoms with Gasteiger partial charge in [-0.3, -0.25) is 9.69 Å². The smallest absolute Gasteiger partial charge is 0.252 e. The molecule has 120 valence electrons. The first-order valence-electron chi connectivity index (χ1n) is 7.16. The van der Waals surface area contributed by atoms with Crippen LogP contribution < -0.4 is 4.90 Å². The van der Waals surface area contributed by atoms with Crippen LogP contribution in [0.3, 0.4) is 0 Å². The van der Waals surface area contributed by atoms with Crippen LogP contribution in [0, 0.1) is 0 Å². The summed E-state index contributed by atoms with van der Waals surface area (Å²) >= 11 is 6.19. The van der Waals surface area contributed by atoms with Crippen molar-refractivity contribution in [3.63, 3.8) is 0 Å². The zero-order valence-corrected chi connectivity index (χ0v) is 13.7. The molecule has 2 aromatic carbocycles. The van der Waals surface area contributed by atoms with E-state index >= 15 is 0 Å². The van der Waals surface area contributed by atoms with Gasteiger partial charge in [0.1, 0.15) is 5.75 Å². The topological polar surface area (TPSA) is 66.3 Å². The highest BCUT2D eigenvalue weighted by Gasteiger charge is 2.13. The van der Waals surface area contributed by atoms with Gasteiger partial charge in [0.25, 0.3) is 5.91 Å². The number of carbonyl (C=O) groups is 1. The summed E-state index contributed by atoms with van der Waals surface area (Å²) in [4.78, 5) is 21.5. The van der Waals surface area contributed by atoms with E-state index in [1.807, 2.05) is 12.1 Å². The van der Waals surface area contributed by atoms with Crippen LogP contribution >= 0.6 is 11.6 Å². The van der Waals surface area contributed by atoms with Crippen LogP contribution in [-0.2, 0) is 4.79 Å². The highest BCUT2D eigenvalue weighted by Crippen LogP contribution is 2.36. The van der Waals surface area contributed by atoms with E-state index in [0.29, 0.717) is 22.1 Å². The summed E-state index contributed by atoms with van der Waals surface area (Å²) in [5, 5.41) is 11.3. The number of halogens is 1. The maximum Gasteiger partial charge on any atom is 0.252 e. The fourth-order valence-electron chi connectivity index (χ4n) is 2.37. The Hall–Kier alpha value is -2.92. The lowest BCUT2D eigenvalue weighted by Gasteiger charge is -2.13. The second-order valence-corrected chi connectivity index (χ2v) is 5.59. The van der Waals surface area contributed by atoms with Crippen LogP contribution in [0.1, 0.15) is 0 Å². The highest BCUT2D eigenvalue weighted by atomic mass is 35.5. The highest BCUT2D eigenvalue weighted by molar-refractivity contribution is 6.33. The zero-order valence-electron chi connectivity index (χ0n) is 12.9. The molecule has 1 N–H and O–H groups in total. The van der Waals surface area contributed by atoms with Gasteiger partial charge >= 0.3 is 0 Å². The molecule has 0 aliphatic heterocycles. The van der Waals surface area contributed by atoms with Gasteiger partial charge < -0.3 is 5.11 Å². The first kappa shape index (κ1) is 16.0. The summed E-state index contributed by atoms with van der Waals surface area (Å²) in [5.41, 5.74) is 2.00. The molecule has 1 amide bonds. The average Bonchev–Trinajstić information content (AvgIpc) is 2.59. The van der Waals surface area contributed by atoms with Gasteiger partial charge in [0.05, 0.1) is 10.5 Å². The maximum absolute atomic E-state index is 11.6. The molecule has 0 aliphatic carbocycles. The predicted octanol–water partition coefficient (Wildman–Crippen LogP) is 3.80. The molecule has 0 spiro atoms. The van der Waals surface area contributed by atoms with Crippen molar-refractivity contribution >= 4 is 34.4 Å². The first-order chi connectivity index (χ1) is 11.5. The molecule has 0 saturated carbocycles. The molecule has 0 radical (unpaired) electrons. The molecular formula is C18H14ClN3O2. The summed E-state index contributed by atoms with van der Waals surface area (Å²) in [6, 6.07) is 10.4. The monoisotopic (exact) mass is 339 g/mol. The number of hydrogen-bond donors (Lipinski definition) is 1. The van der Waals surface area contributed by atoms with Crippen LogP contribution in [0.4, 0.5) is 5.95 Å². The largest absolute Gasteiger partial charge is 0.507 e. The third-order valence-corrected chi connectivity index (χ3v) is 3.97. The number of nitrogens with zero attached hydrogens (tertiary/aromatic N) is 3. The molecule has 3 rings (SSSR count). The molecule has 1 aromatic heterocycles. The fraction of sp³-hybridized carbons (Fsp3) is 0.0556. The Kier molecular flexibility index (Phi) is 4.18. The number of phenols is 1. The number of aromatic nitrogens is 2. The Morgan fingerprint density at radius 3 is 2.83 bits per heavy atom. The lowest BCUT2D eigenvalue weighted by molar-refractivity contribution is -0.113. The predicted molar refractivity (Wildman–Crippen MR) is 95.3 cm³/mol. The number of amides is 1. The number of rotatable bonds is 3. The van der Waals surface area contributed by atoms with Gasteiger partial charge in [-0.25, -0.2) is 9.97 Å². The van der Waals surface area contributed by atoms with Crippen molar-refractivity contribution in [3.05, 3.63) is 60.3 Å². The number of carbonyl (C=O) groups excluding carboxylic acids is 1. The van der Waals surface area contributed by atoms with Crippen LogP contribution in [-0.4, -0.2) is 28.0 Å². The molecule has 6 heteroatoms. The lowest BCUT2D eigenvalue weighted by Crippen LogP contribution is -2.25. The van der Waals surface area contributed by atoms with Crippen molar-refractivity contribution in [2.45, 2.75) is 0 Å². The van der Waals surface area contributed by atoms with Gasteiger partial charge in [0, 0.05) is 24.2 Å². The number of hydrogen-bond acceptors (Lipinski definition) is 4. The Morgan fingerprint density at radius 2 is 2.12 bits per heavy atom. The van der Waals surface area contributed by atoms with Gasteiger partial charge in [0.2, 0.25) is 5.95 Å². The van der Waals surface area contributed by atoms with E-state index in [9.17, 15) is 9.90 Å². The second-order valence-electron chi connectivity index (χ2n) is 5.18. The molecule has 24 heavy (non-hydrogen) atoms. The van der Waals surface area contributed by atoms with E-state index in [4.69, 9.17) is 11.6 Å². The van der Waals surface area contributed by atoms with Gasteiger partial charge in [-0.2, -0.15) is 0 Å². The van der Waals surface area contributed by atoms with Crippen LogP contribution in [0.2, 0.25) is 5.02 Å². The quantitative estimate of drug-likeness (QED) is 0.737. The van der Waals surface area contributed by atoms with Crippen LogP contribution in [0.15, 0.2) is 55.3 Å². The number of fused-ring (bicyclic) bond motifs is 1. The summed E-state index contributed by atoms with van der Waals surface area (Å²) in [5.74, 6) is 0.114. The summed E-state index contributed by atoms with van der Waals surface area (Å²) < 4.78 is 0. The number of likely N-dealkylation sites (N-methyl/N-ethyl adjacent to an activating group) is 1. The average molecular weight is 340 g/mol. The third-order valence-electron chi connectivity index (χ3n) is 3.65. The van der Waals surface area contributed by atoms with E-state index < -0.39 is 0 Å².